The Morgan fingerprint density at radius 3 is 3.00 bits per heavy atom. The van der Waals surface area contributed by atoms with Crippen LogP contribution in [-0.4, -0.2) is 39.0 Å². The number of rotatable bonds is 7. The Balaban J connectivity index is 2.01. The second kappa shape index (κ2) is 5.57. The summed E-state index contributed by atoms with van der Waals surface area (Å²) in [5.41, 5.74) is 5.11. The summed E-state index contributed by atoms with van der Waals surface area (Å²) in [6.07, 6.45) is 2.03. The van der Waals surface area contributed by atoms with Gasteiger partial charge >= 0.3 is 5.69 Å². The molecule has 1 aromatic rings. The molecule has 1 aliphatic carbocycles. The number of aromatic nitrogens is 3. The lowest BCUT2D eigenvalue weighted by Gasteiger charge is -2.13. The molecule has 1 unspecified atom stereocenters. The fourth-order valence-electron chi connectivity index (χ4n) is 1.69. The highest BCUT2D eigenvalue weighted by molar-refractivity contribution is 7.99. The number of primary amides is 1. The van der Waals surface area contributed by atoms with Gasteiger partial charge in [0, 0.05) is 11.8 Å². The lowest BCUT2D eigenvalue weighted by Crippen LogP contribution is -2.43. The van der Waals surface area contributed by atoms with Gasteiger partial charge in [0.25, 0.3) is 0 Å². The van der Waals surface area contributed by atoms with Gasteiger partial charge in [0.1, 0.15) is 0 Å². The molecule has 1 fully saturated rings. The number of hydrogen-bond acceptors (Lipinski definition) is 5. The van der Waals surface area contributed by atoms with Crippen molar-refractivity contribution in [3.63, 3.8) is 0 Å². The van der Waals surface area contributed by atoms with Gasteiger partial charge in [0.05, 0.1) is 6.04 Å². The van der Waals surface area contributed by atoms with Gasteiger partial charge in [-0.1, -0.05) is 18.7 Å². The molecule has 0 bridgehead atoms. The molecule has 0 radical (unpaired) electrons. The van der Waals surface area contributed by atoms with Crippen molar-refractivity contribution in [2.24, 2.45) is 5.73 Å². The highest BCUT2D eigenvalue weighted by atomic mass is 32.2. The molecule has 7 nitrogen and oxygen atoms in total. The van der Waals surface area contributed by atoms with E-state index in [9.17, 15) is 9.59 Å². The predicted molar refractivity (Wildman–Crippen MR) is 68.5 cm³/mol. The van der Waals surface area contributed by atoms with Gasteiger partial charge in [0.15, 0.2) is 5.16 Å². The van der Waals surface area contributed by atoms with Crippen LogP contribution >= 0.6 is 11.8 Å². The molecule has 1 amide bonds. The molecular weight excluding hydrogens is 254 g/mol. The van der Waals surface area contributed by atoms with E-state index in [1.807, 2.05) is 6.92 Å². The summed E-state index contributed by atoms with van der Waals surface area (Å²) in [5.74, 6) is 0.0837. The van der Waals surface area contributed by atoms with E-state index in [0.717, 1.165) is 12.8 Å². The minimum atomic E-state index is -0.403. The molecule has 1 aliphatic rings. The Labute approximate surface area is 109 Å². The molecule has 8 heteroatoms. The fourth-order valence-corrected chi connectivity index (χ4v) is 2.77. The first-order chi connectivity index (χ1) is 8.63. The van der Waals surface area contributed by atoms with Gasteiger partial charge in [-0.2, -0.15) is 0 Å². The zero-order valence-corrected chi connectivity index (χ0v) is 11.0. The van der Waals surface area contributed by atoms with Gasteiger partial charge in [0.2, 0.25) is 5.91 Å². The Morgan fingerprint density at radius 1 is 1.72 bits per heavy atom. The Hall–Kier alpha value is -1.28. The van der Waals surface area contributed by atoms with Crippen LogP contribution in [0.5, 0.6) is 0 Å². The number of thioether (sulfide) groups is 1. The quantitative estimate of drug-likeness (QED) is 0.578. The number of carbonyl (C=O) groups is 1. The lowest BCUT2D eigenvalue weighted by atomic mass is 10.3. The van der Waals surface area contributed by atoms with Crippen molar-refractivity contribution in [1.82, 2.24) is 20.1 Å². The zero-order chi connectivity index (χ0) is 13.1. The standard InChI is InChI=1S/C10H17N5O2S/c1-2-12-7(8(11)16)5-18-10-14-13-9(17)15(10)6-3-4-6/h6-7,12H,2-5H2,1H3,(H2,11,16)(H,13,17). The lowest BCUT2D eigenvalue weighted by molar-refractivity contribution is -0.119. The van der Waals surface area contributed by atoms with Crippen molar-refractivity contribution in [1.29, 1.82) is 0 Å². The Bertz CT molecular complexity index is 479. The number of aromatic amines is 1. The average molecular weight is 271 g/mol. The first kappa shape index (κ1) is 13.2. The number of nitrogens with one attached hydrogen (secondary N) is 2. The summed E-state index contributed by atoms with van der Waals surface area (Å²) in [6, 6.07) is -0.135. The highest BCUT2D eigenvalue weighted by Crippen LogP contribution is 2.36. The largest absolute Gasteiger partial charge is 0.368 e. The summed E-state index contributed by atoms with van der Waals surface area (Å²) < 4.78 is 1.66. The van der Waals surface area contributed by atoms with Gasteiger partial charge in [-0.3, -0.25) is 9.36 Å². The van der Waals surface area contributed by atoms with Crippen LogP contribution in [0.2, 0.25) is 0 Å². The van der Waals surface area contributed by atoms with E-state index >= 15 is 0 Å². The smallest absolute Gasteiger partial charge is 0.344 e. The molecule has 2 rings (SSSR count). The zero-order valence-electron chi connectivity index (χ0n) is 10.2. The van der Waals surface area contributed by atoms with Crippen LogP contribution in [0.25, 0.3) is 0 Å². The van der Waals surface area contributed by atoms with E-state index in [2.05, 4.69) is 15.5 Å². The van der Waals surface area contributed by atoms with Crippen molar-refractivity contribution < 1.29 is 4.79 Å². The van der Waals surface area contributed by atoms with Crippen molar-refractivity contribution in [3.8, 4) is 0 Å². The first-order valence-electron chi connectivity index (χ1n) is 5.96. The highest BCUT2D eigenvalue weighted by Gasteiger charge is 2.29. The maximum absolute atomic E-state index is 11.6. The summed E-state index contributed by atoms with van der Waals surface area (Å²) in [4.78, 5) is 22.7. The number of nitrogens with two attached hydrogens (primary N) is 1. The van der Waals surface area contributed by atoms with Crippen LogP contribution in [0.3, 0.4) is 0 Å². The number of amides is 1. The molecule has 0 saturated heterocycles. The van der Waals surface area contributed by atoms with Crippen LogP contribution in [0.15, 0.2) is 9.95 Å². The fraction of sp³-hybridized carbons (Fsp3) is 0.700. The van der Waals surface area contributed by atoms with Crippen LogP contribution in [0.4, 0.5) is 0 Å². The van der Waals surface area contributed by atoms with E-state index in [4.69, 9.17) is 5.73 Å². The van der Waals surface area contributed by atoms with E-state index < -0.39 is 6.04 Å². The van der Waals surface area contributed by atoms with Crippen molar-refractivity contribution in [3.05, 3.63) is 10.5 Å². The first-order valence-corrected chi connectivity index (χ1v) is 6.94. The molecule has 0 spiro atoms. The predicted octanol–water partition coefficient (Wildman–Crippen LogP) is -0.538. The molecular formula is C10H17N5O2S. The molecule has 1 aromatic heterocycles. The van der Waals surface area contributed by atoms with Crippen molar-refractivity contribution in [2.75, 3.05) is 12.3 Å². The maximum atomic E-state index is 11.6. The maximum Gasteiger partial charge on any atom is 0.344 e. The number of hydrogen-bond donors (Lipinski definition) is 3. The molecule has 18 heavy (non-hydrogen) atoms. The normalized spacial score (nSPS) is 16.7. The van der Waals surface area contributed by atoms with Gasteiger partial charge in [-0.15, -0.1) is 5.10 Å². The van der Waals surface area contributed by atoms with E-state index in [1.54, 1.807) is 4.57 Å². The summed E-state index contributed by atoms with van der Waals surface area (Å²) >= 11 is 1.37. The monoisotopic (exact) mass is 271 g/mol. The second-order valence-corrected chi connectivity index (χ2v) is 5.22. The summed E-state index contributed by atoms with van der Waals surface area (Å²) in [7, 11) is 0. The minimum absolute atomic E-state index is 0.181. The van der Waals surface area contributed by atoms with Gasteiger partial charge in [-0.25, -0.2) is 9.89 Å². The van der Waals surface area contributed by atoms with Gasteiger partial charge in [-0.05, 0) is 19.4 Å². The minimum Gasteiger partial charge on any atom is -0.368 e. The van der Waals surface area contributed by atoms with Gasteiger partial charge < -0.3 is 11.1 Å². The summed E-state index contributed by atoms with van der Waals surface area (Å²) in [5, 5.41) is 10.1. The third-order valence-corrected chi connectivity index (χ3v) is 3.80. The molecule has 0 aliphatic heterocycles. The number of carbonyl (C=O) groups excluding carboxylic acids is 1. The number of nitrogens with zero attached hydrogens (tertiary/aromatic N) is 2. The van der Waals surface area contributed by atoms with Crippen molar-refractivity contribution in [2.45, 2.75) is 37.0 Å². The molecule has 1 heterocycles. The van der Waals surface area contributed by atoms with Crippen LogP contribution in [0.1, 0.15) is 25.8 Å². The van der Waals surface area contributed by atoms with Crippen molar-refractivity contribution >= 4 is 17.7 Å². The SMILES string of the molecule is CCNC(CSc1n[nH]c(=O)n1C1CC1)C(N)=O. The van der Waals surface area contributed by atoms with E-state index in [0.29, 0.717) is 17.5 Å². The number of H-pyrrole nitrogens is 1. The van der Waals surface area contributed by atoms with E-state index in [-0.39, 0.29) is 17.6 Å². The molecule has 1 atom stereocenters. The number of likely N-dealkylation sites (N-methyl/N-ethyl adjacent to an activating group) is 1. The second-order valence-electron chi connectivity index (χ2n) is 4.24. The van der Waals surface area contributed by atoms with Crippen LogP contribution < -0.4 is 16.7 Å². The third-order valence-electron chi connectivity index (χ3n) is 2.76. The summed E-state index contributed by atoms with van der Waals surface area (Å²) in [6.45, 7) is 2.58. The molecule has 1 saturated carbocycles. The Morgan fingerprint density at radius 2 is 2.44 bits per heavy atom. The van der Waals surface area contributed by atoms with Crippen LogP contribution in [-0.2, 0) is 4.79 Å². The topological polar surface area (TPSA) is 106 Å². The molecule has 0 aromatic carbocycles. The third kappa shape index (κ3) is 2.94. The van der Waals surface area contributed by atoms with Crippen LogP contribution in [0, 0.1) is 0 Å². The molecule has 4 N–H and O–H groups in total. The average Bonchev–Trinajstić information content (AvgIpc) is 3.09. The Kier molecular flexibility index (Phi) is 4.07. The van der Waals surface area contributed by atoms with E-state index in [1.165, 1.54) is 11.8 Å². The molecule has 100 valence electrons.